The summed E-state index contributed by atoms with van der Waals surface area (Å²) in [4.78, 5) is 43.2. The average molecular weight is 375 g/mol. The summed E-state index contributed by atoms with van der Waals surface area (Å²) in [5.74, 6) is -0.882. The van der Waals surface area contributed by atoms with Gasteiger partial charge in [0.2, 0.25) is 5.91 Å². The SMILES string of the molecule is CC[C@@H](Sc1nc(C)cc(=O)[nH]1)C(=O)N[C@H](C(=O)OC)c1ccccc1. The highest BCUT2D eigenvalue weighted by atomic mass is 32.2. The van der Waals surface area contributed by atoms with Gasteiger partial charge in [0, 0.05) is 11.8 Å². The van der Waals surface area contributed by atoms with Crippen LogP contribution in [0.15, 0.2) is 46.3 Å². The van der Waals surface area contributed by atoms with Gasteiger partial charge in [-0.1, -0.05) is 49.0 Å². The average Bonchev–Trinajstić information content (AvgIpc) is 2.63. The van der Waals surface area contributed by atoms with Crippen LogP contribution in [0.5, 0.6) is 0 Å². The summed E-state index contributed by atoms with van der Waals surface area (Å²) in [6, 6.07) is 9.37. The van der Waals surface area contributed by atoms with E-state index in [1.165, 1.54) is 13.2 Å². The van der Waals surface area contributed by atoms with Crippen LogP contribution in [0, 0.1) is 6.92 Å². The van der Waals surface area contributed by atoms with Crippen LogP contribution < -0.4 is 10.9 Å². The number of methoxy groups -OCH3 is 1. The van der Waals surface area contributed by atoms with E-state index in [0.29, 0.717) is 22.8 Å². The van der Waals surface area contributed by atoms with Gasteiger partial charge in [-0.05, 0) is 18.9 Å². The number of aromatic amines is 1. The molecule has 8 heteroatoms. The number of hydrogen-bond donors (Lipinski definition) is 2. The second-order valence-electron chi connectivity index (χ2n) is 5.58. The summed E-state index contributed by atoms with van der Waals surface area (Å²) in [6.07, 6.45) is 0.497. The fourth-order valence-corrected chi connectivity index (χ4v) is 3.31. The number of hydrogen-bond acceptors (Lipinski definition) is 6. The molecule has 0 spiro atoms. The van der Waals surface area contributed by atoms with Gasteiger partial charge in [-0.3, -0.25) is 9.59 Å². The zero-order chi connectivity index (χ0) is 19.1. The summed E-state index contributed by atoms with van der Waals surface area (Å²) in [7, 11) is 1.28. The number of thioether (sulfide) groups is 1. The topological polar surface area (TPSA) is 101 Å². The Balaban J connectivity index is 2.17. The molecule has 2 rings (SSSR count). The molecule has 0 aliphatic heterocycles. The standard InChI is InChI=1S/C18H21N3O4S/c1-4-13(26-18-19-11(2)10-14(22)20-18)16(23)21-15(17(24)25-3)12-8-6-5-7-9-12/h5-10,13,15H,4H2,1-3H3,(H,21,23)(H,19,20,22)/t13-,15+/m1/s1. The van der Waals surface area contributed by atoms with E-state index in [9.17, 15) is 14.4 Å². The van der Waals surface area contributed by atoms with E-state index in [2.05, 4.69) is 15.3 Å². The third-order valence-electron chi connectivity index (χ3n) is 3.62. The molecule has 0 saturated heterocycles. The van der Waals surface area contributed by atoms with Gasteiger partial charge in [0.1, 0.15) is 0 Å². The van der Waals surface area contributed by atoms with Crippen LogP contribution in [0.25, 0.3) is 0 Å². The van der Waals surface area contributed by atoms with E-state index in [1.54, 1.807) is 31.2 Å². The number of H-pyrrole nitrogens is 1. The Morgan fingerprint density at radius 1 is 1.31 bits per heavy atom. The molecule has 2 N–H and O–H groups in total. The van der Waals surface area contributed by atoms with Crippen LogP contribution in [0.4, 0.5) is 0 Å². The van der Waals surface area contributed by atoms with Crippen LogP contribution in [0.3, 0.4) is 0 Å². The van der Waals surface area contributed by atoms with Crippen molar-refractivity contribution in [2.45, 2.75) is 36.7 Å². The monoisotopic (exact) mass is 375 g/mol. The second kappa shape index (κ2) is 9.19. The molecule has 138 valence electrons. The summed E-state index contributed by atoms with van der Waals surface area (Å²) >= 11 is 1.15. The number of aromatic nitrogens is 2. The molecular weight excluding hydrogens is 354 g/mol. The van der Waals surface area contributed by atoms with E-state index in [-0.39, 0.29) is 11.5 Å². The maximum absolute atomic E-state index is 12.7. The molecule has 2 aromatic rings. The largest absolute Gasteiger partial charge is 0.467 e. The Bertz CT molecular complexity index is 823. The van der Waals surface area contributed by atoms with Crippen molar-refractivity contribution >= 4 is 23.6 Å². The van der Waals surface area contributed by atoms with Gasteiger partial charge >= 0.3 is 5.97 Å². The van der Waals surface area contributed by atoms with Crippen LogP contribution in [0.2, 0.25) is 0 Å². The number of carbonyl (C=O) groups excluding carboxylic acids is 2. The van der Waals surface area contributed by atoms with Crippen LogP contribution in [0.1, 0.15) is 30.6 Å². The number of ether oxygens (including phenoxy) is 1. The van der Waals surface area contributed by atoms with Gasteiger partial charge in [0.25, 0.3) is 5.56 Å². The van der Waals surface area contributed by atoms with E-state index >= 15 is 0 Å². The summed E-state index contributed by atoms with van der Waals surface area (Å²) in [6.45, 7) is 3.56. The Morgan fingerprint density at radius 2 is 2.00 bits per heavy atom. The molecule has 26 heavy (non-hydrogen) atoms. The Kier molecular flexibility index (Phi) is 6.97. The Labute approximate surface area is 155 Å². The number of aryl methyl sites for hydroxylation is 1. The van der Waals surface area contributed by atoms with E-state index in [0.717, 1.165) is 11.8 Å². The molecule has 0 bridgehead atoms. The Morgan fingerprint density at radius 3 is 2.58 bits per heavy atom. The van der Waals surface area contributed by atoms with Crippen molar-refractivity contribution in [1.29, 1.82) is 0 Å². The minimum Gasteiger partial charge on any atom is -0.467 e. The smallest absolute Gasteiger partial charge is 0.333 e. The second-order valence-corrected chi connectivity index (χ2v) is 6.77. The van der Waals surface area contributed by atoms with E-state index in [4.69, 9.17) is 4.74 Å². The lowest BCUT2D eigenvalue weighted by atomic mass is 10.1. The number of amides is 1. The van der Waals surface area contributed by atoms with Gasteiger partial charge in [-0.15, -0.1) is 0 Å². The van der Waals surface area contributed by atoms with Crippen molar-refractivity contribution in [2.24, 2.45) is 0 Å². The number of nitrogens with zero attached hydrogens (tertiary/aromatic N) is 1. The van der Waals surface area contributed by atoms with Crippen molar-refractivity contribution in [3.63, 3.8) is 0 Å². The van der Waals surface area contributed by atoms with Crippen molar-refractivity contribution < 1.29 is 14.3 Å². The fourth-order valence-electron chi connectivity index (χ4n) is 2.34. The lowest BCUT2D eigenvalue weighted by molar-refractivity contribution is -0.145. The zero-order valence-electron chi connectivity index (χ0n) is 14.8. The molecule has 1 heterocycles. The number of carbonyl (C=O) groups is 2. The van der Waals surface area contributed by atoms with Crippen molar-refractivity contribution in [2.75, 3.05) is 7.11 Å². The zero-order valence-corrected chi connectivity index (χ0v) is 15.6. The normalized spacial score (nSPS) is 12.9. The van der Waals surface area contributed by atoms with Crippen molar-refractivity contribution in [3.8, 4) is 0 Å². The molecule has 0 unspecified atom stereocenters. The molecule has 2 atom stereocenters. The highest BCUT2D eigenvalue weighted by Crippen LogP contribution is 2.23. The van der Waals surface area contributed by atoms with Gasteiger partial charge in [-0.25, -0.2) is 9.78 Å². The third-order valence-corrected chi connectivity index (χ3v) is 4.87. The minimum absolute atomic E-state index is 0.271. The highest BCUT2D eigenvalue weighted by Gasteiger charge is 2.27. The van der Waals surface area contributed by atoms with Crippen molar-refractivity contribution in [3.05, 3.63) is 58.0 Å². The van der Waals surface area contributed by atoms with Crippen LogP contribution >= 0.6 is 11.8 Å². The lowest BCUT2D eigenvalue weighted by Gasteiger charge is -2.20. The van der Waals surface area contributed by atoms with Gasteiger partial charge < -0.3 is 15.0 Å². The van der Waals surface area contributed by atoms with Gasteiger partial charge in [-0.2, -0.15) is 0 Å². The molecular formula is C18H21N3O4S. The lowest BCUT2D eigenvalue weighted by Crippen LogP contribution is -2.39. The summed E-state index contributed by atoms with van der Waals surface area (Å²) < 4.78 is 4.81. The molecule has 1 aromatic carbocycles. The first-order chi connectivity index (χ1) is 12.4. The molecule has 1 amide bonds. The maximum atomic E-state index is 12.7. The predicted octanol–water partition coefficient (Wildman–Crippen LogP) is 1.98. The van der Waals surface area contributed by atoms with Crippen LogP contribution in [-0.2, 0) is 14.3 Å². The molecule has 0 aliphatic rings. The third kappa shape index (κ3) is 5.19. The van der Waals surface area contributed by atoms with E-state index in [1.807, 2.05) is 13.0 Å². The van der Waals surface area contributed by atoms with Crippen molar-refractivity contribution in [1.82, 2.24) is 15.3 Å². The first kappa shape index (κ1) is 19.7. The Hall–Kier alpha value is -2.61. The van der Waals surface area contributed by atoms with Gasteiger partial charge in [0.05, 0.1) is 12.4 Å². The fraction of sp³-hybridized carbons (Fsp3) is 0.333. The molecule has 7 nitrogen and oxygen atoms in total. The molecule has 1 aromatic heterocycles. The number of rotatable bonds is 7. The molecule has 0 aliphatic carbocycles. The molecule has 0 radical (unpaired) electrons. The number of esters is 1. The molecule has 0 saturated carbocycles. The minimum atomic E-state index is -0.895. The van der Waals surface area contributed by atoms with E-state index < -0.39 is 17.3 Å². The number of benzene rings is 1. The quantitative estimate of drug-likeness (QED) is 0.436. The first-order valence-corrected chi connectivity index (χ1v) is 9.00. The first-order valence-electron chi connectivity index (χ1n) is 8.12. The highest BCUT2D eigenvalue weighted by molar-refractivity contribution is 8.00. The maximum Gasteiger partial charge on any atom is 0.333 e. The van der Waals surface area contributed by atoms with Crippen LogP contribution in [-0.4, -0.2) is 34.2 Å². The predicted molar refractivity (Wildman–Crippen MR) is 98.9 cm³/mol. The van der Waals surface area contributed by atoms with Gasteiger partial charge in [0.15, 0.2) is 11.2 Å². The number of nitrogens with one attached hydrogen (secondary N) is 2. The summed E-state index contributed by atoms with van der Waals surface area (Å²) in [5, 5.41) is 2.58. The molecule has 0 fully saturated rings. The summed E-state index contributed by atoms with van der Waals surface area (Å²) in [5.41, 5.74) is 0.935.